The average Bonchev–Trinajstić information content (AvgIpc) is 2.38. The van der Waals surface area contributed by atoms with Crippen molar-refractivity contribution in [1.29, 1.82) is 5.26 Å². The summed E-state index contributed by atoms with van der Waals surface area (Å²) in [5.41, 5.74) is 7.47. The first-order chi connectivity index (χ1) is 9.01. The molecule has 0 saturated carbocycles. The molecule has 0 saturated heterocycles. The first-order valence-electron chi connectivity index (χ1n) is 5.44. The maximum atomic E-state index is 13.7. The van der Waals surface area contributed by atoms with Crippen LogP contribution in [0.15, 0.2) is 34.8 Å². The second-order valence-corrected chi connectivity index (χ2v) is 4.85. The van der Waals surface area contributed by atoms with Crippen LogP contribution >= 0.6 is 15.9 Å². The number of nitriles is 1. The van der Waals surface area contributed by atoms with Crippen molar-refractivity contribution >= 4 is 21.6 Å². The lowest BCUT2D eigenvalue weighted by Gasteiger charge is -2.11. The van der Waals surface area contributed by atoms with E-state index >= 15 is 0 Å². The Kier molecular flexibility index (Phi) is 3.72. The lowest BCUT2D eigenvalue weighted by atomic mass is 10.2. The number of nitrogen functional groups attached to an aromatic ring is 1. The van der Waals surface area contributed by atoms with Gasteiger partial charge >= 0.3 is 0 Å². The van der Waals surface area contributed by atoms with Gasteiger partial charge in [-0.25, -0.2) is 4.39 Å². The van der Waals surface area contributed by atoms with E-state index in [-0.39, 0.29) is 11.3 Å². The van der Waals surface area contributed by atoms with Gasteiger partial charge in [-0.05, 0) is 58.7 Å². The Morgan fingerprint density at radius 2 is 2.00 bits per heavy atom. The van der Waals surface area contributed by atoms with E-state index in [1.807, 2.05) is 13.0 Å². The monoisotopic (exact) mass is 320 g/mol. The molecule has 0 aliphatic heterocycles. The first kappa shape index (κ1) is 13.4. The summed E-state index contributed by atoms with van der Waals surface area (Å²) in [7, 11) is 0. The van der Waals surface area contributed by atoms with Crippen molar-refractivity contribution in [3.05, 3.63) is 51.7 Å². The van der Waals surface area contributed by atoms with Crippen molar-refractivity contribution < 1.29 is 9.13 Å². The number of halogens is 2. The minimum absolute atomic E-state index is 0.0591. The van der Waals surface area contributed by atoms with Gasteiger partial charge in [0.2, 0.25) is 0 Å². The highest BCUT2D eigenvalue weighted by molar-refractivity contribution is 9.10. The molecule has 0 unspecified atom stereocenters. The van der Waals surface area contributed by atoms with Gasteiger partial charge < -0.3 is 10.5 Å². The number of benzene rings is 2. The van der Waals surface area contributed by atoms with Gasteiger partial charge in [0.1, 0.15) is 5.75 Å². The summed E-state index contributed by atoms with van der Waals surface area (Å²) in [5, 5.41) is 8.67. The summed E-state index contributed by atoms with van der Waals surface area (Å²) < 4.78 is 19.8. The molecule has 0 bridgehead atoms. The van der Waals surface area contributed by atoms with E-state index in [0.29, 0.717) is 15.9 Å². The van der Waals surface area contributed by atoms with Gasteiger partial charge in [-0.1, -0.05) is 0 Å². The van der Waals surface area contributed by atoms with Crippen molar-refractivity contribution in [2.45, 2.75) is 6.92 Å². The van der Waals surface area contributed by atoms with Crippen LogP contribution in [0, 0.1) is 24.1 Å². The molecule has 96 valence electrons. The zero-order chi connectivity index (χ0) is 14.0. The Morgan fingerprint density at radius 1 is 1.26 bits per heavy atom. The van der Waals surface area contributed by atoms with Crippen LogP contribution < -0.4 is 10.5 Å². The maximum Gasteiger partial charge on any atom is 0.167 e. The summed E-state index contributed by atoms with van der Waals surface area (Å²) in [6.07, 6.45) is 0. The van der Waals surface area contributed by atoms with Gasteiger partial charge in [-0.15, -0.1) is 0 Å². The molecule has 2 N–H and O–H groups in total. The molecular weight excluding hydrogens is 311 g/mol. The van der Waals surface area contributed by atoms with Crippen LogP contribution in [0.25, 0.3) is 0 Å². The molecule has 2 rings (SSSR count). The minimum Gasteiger partial charge on any atom is -0.453 e. The molecule has 19 heavy (non-hydrogen) atoms. The fourth-order valence-electron chi connectivity index (χ4n) is 1.52. The third kappa shape index (κ3) is 2.85. The van der Waals surface area contributed by atoms with E-state index in [9.17, 15) is 4.39 Å². The average molecular weight is 321 g/mol. The summed E-state index contributed by atoms with van der Waals surface area (Å²) in [6, 6.07) is 9.34. The highest BCUT2D eigenvalue weighted by atomic mass is 79.9. The molecule has 0 radical (unpaired) electrons. The molecule has 2 aromatic carbocycles. The topological polar surface area (TPSA) is 59.0 Å². The highest BCUT2D eigenvalue weighted by Gasteiger charge is 2.10. The van der Waals surface area contributed by atoms with Crippen molar-refractivity contribution in [3.63, 3.8) is 0 Å². The van der Waals surface area contributed by atoms with E-state index in [2.05, 4.69) is 15.9 Å². The second-order valence-electron chi connectivity index (χ2n) is 4.00. The van der Waals surface area contributed by atoms with Gasteiger partial charge in [0, 0.05) is 5.69 Å². The van der Waals surface area contributed by atoms with Crippen molar-refractivity contribution in [1.82, 2.24) is 0 Å². The molecule has 0 heterocycles. The molecule has 2 aromatic rings. The molecule has 3 nitrogen and oxygen atoms in total. The summed E-state index contributed by atoms with van der Waals surface area (Å²) in [5.74, 6) is -0.0559. The lowest BCUT2D eigenvalue weighted by Crippen LogP contribution is -1.94. The Balaban J connectivity index is 2.37. The number of nitrogens with two attached hydrogens (primary N) is 1. The molecular formula is C14H10BrFN2O. The third-order valence-electron chi connectivity index (χ3n) is 2.60. The Bertz CT molecular complexity index is 680. The molecule has 0 aromatic heterocycles. The zero-order valence-corrected chi connectivity index (χ0v) is 11.7. The van der Waals surface area contributed by atoms with Crippen LogP contribution in [0.2, 0.25) is 0 Å². The Morgan fingerprint density at radius 3 is 2.63 bits per heavy atom. The van der Waals surface area contributed by atoms with Gasteiger partial charge in [0.15, 0.2) is 11.6 Å². The number of rotatable bonds is 2. The Labute approximate surface area is 118 Å². The molecule has 0 atom stereocenters. The van der Waals surface area contributed by atoms with Gasteiger partial charge in [0.25, 0.3) is 0 Å². The fraction of sp³-hybridized carbons (Fsp3) is 0.0714. The van der Waals surface area contributed by atoms with Crippen molar-refractivity contribution in [3.8, 4) is 17.6 Å². The quantitative estimate of drug-likeness (QED) is 0.846. The number of anilines is 1. The molecule has 0 fully saturated rings. The first-order valence-corrected chi connectivity index (χ1v) is 6.23. The third-order valence-corrected chi connectivity index (χ3v) is 3.22. The Hall–Kier alpha value is -2.06. The number of ether oxygens (including phenoxy) is 1. The fourth-order valence-corrected chi connectivity index (χ4v) is 1.96. The SMILES string of the molecule is Cc1cc(Oc2ccc(C#N)cc2F)c(Br)cc1N. The van der Waals surface area contributed by atoms with Crippen LogP contribution in [0.4, 0.5) is 10.1 Å². The smallest absolute Gasteiger partial charge is 0.167 e. The zero-order valence-electron chi connectivity index (χ0n) is 10.1. The predicted molar refractivity (Wildman–Crippen MR) is 74.5 cm³/mol. The van der Waals surface area contributed by atoms with Crippen LogP contribution in [-0.4, -0.2) is 0 Å². The summed E-state index contributed by atoms with van der Waals surface area (Å²) in [4.78, 5) is 0. The normalized spacial score (nSPS) is 10.0. The molecule has 0 spiro atoms. The lowest BCUT2D eigenvalue weighted by molar-refractivity contribution is 0.439. The standard InChI is InChI=1S/C14H10BrFN2O/c1-8-4-14(10(15)6-12(8)18)19-13-3-2-9(7-17)5-11(13)16/h2-6H,18H2,1H3. The molecule has 5 heteroatoms. The van der Waals surface area contributed by atoms with E-state index in [0.717, 1.165) is 11.6 Å². The van der Waals surface area contributed by atoms with Crippen molar-refractivity contribution in [2.75, 3.05) is 5.73 Å². The van der Waals surface area contributed by atoms with Crippen LogP contribution in [-0.2, 0) is 0 Å². The number of hydrogen-bond donors (Lipinski definition) is 1. The van der Waals surface area contributed by atoms with Gasteiger partial charge in [-0.3, -0.25) is 0 Å². The highest BCUT2D eigenvalue weighted by Crippen LogP contribution is 2.34. The largest absolute Gasteiger partial charge is 0.453 e. The number of nitrogens with zero attached hydrogens (tertiary/aromatic N) is 1. The van der Waals surface area contributed by atoms with E-state index in [1.165, 1.54) is 12.1 Å². The van der Waals surface area contributed by atoms with Crippen LogP contribution in [0.1, 0.15) is 11.1 Å². The van der Waals surface area contributed by atoms with Crippen molar-refractivity contribution in [2.24, 2.45) is 0 Å². The second kappa shape index (κ2) is 5.29. The molecule has 0 aliphatic rings. The number of aryl methyl sites for hydroxylation is 1. The molecule has 0 aliphatic carbocycles. The van der Waals surface area contributed by atoms with Gasteiger partial charge in [-0.2, -0.15) is 5.26 Å². The van der Waals surface area contributed by atoms with Crippen LogP contribution in [0.5, 0.6) is 11.5 Å². The summed E-state index contributed by atoms with van der Waals surface area (Å²) in [6.45, 7) is 1.84. The maximum absolute atomic E-state index is 13.7. The predicted octanol–water partition coefficient (Wildman–Crippen LogP) is 4.14. The van der Waals surface area contributed by atoms with Crippen LogP contribution in [0.3, 0.4) is 0 Å². The van der Waals surface area contributed by atoms with Gasteiger partial charge in [0.05, 0.1) is 16.1 Å². The molecule has 0 amide bonds. The number of hydrogen-bond acceptors (Lipinski definition) is 3. The van der Waals surface area contributed by atoms with E-state index < -0.39 is 5.82 Å². The minimum atomic E-state index is -0.583. The summed E-state index contributed by atoms with van der Waals surface area (Å²) >= 11 is 3.31. The van der Waals surface area contributed by atoms with E-state index in [4.69, 9.17) is 15.7 Å². The van der Waals surface area contributed by atoms with E-state index in [1.54, 1.807) is 12.1 Å².